The number of benzene rings is 1. The van der Waals surface area contributed by atoms with Gasteiger partial charge in [-0.25, -0.2) is 0 Å². The molecule has 14 heavy (non-hydrogen) atoms. The zero-order chi connectivity index (χ0) is 9.80. The highest BCUT2D eigenvalue weighted by molar-refractivity contribution is 7.98. The Labute approximate surface area is 90.3 Å². The molecule has 0 unspecified atom stereocenters. The van der Waals surface area contributed by atoms with Crippen LogP contribution in [0.4, 0.5) is 5.69 Å². The first-order chi connectivity index (χ1) is 6.90. The van der Waals surface area contributed by atoms with E-state index in [4.69, 9.17) is 0 Å². The lowest BCUT2D eigenvalue weighted by molar-refractivity contribution is 0.753. The van der Waals surface area contributed by atoms with E-state index in [-0.39, 0.29) is 0 Å². The van der Waals surface area contributed by atoms with Crippen molar-refractivity contribution in [2.75, 3.05) is 11.6 Å². The SMILES string of the molecule is CSc1ccccc1NC1CCCC1. The number of para-hydroxylation sites is 1. The Kier molecular flexibility index (Phi) is 3.35. The zero-order valence-electron chi connectivity index (χ0n) is 8.62. The van der Waals surface area contributed by atoms with Crippen molar-refractivity contribution in [2.45, 2.75) is 36.6 Å². The lowest BCUT2D eigenvalue weighted by Crippen LogP contribution is -2.14. The fourth-order valence-corrected chi connectivity index (χ4v) is 2.62. The number of anilines is 1. The van der Waals surface area contributed by atoms with Crippen molar-refractivity contribution in [3.63, 3.8) is 0 Å². The molecule has 0 spiro atoms. The maximum Gasteiger partial charge on any atom is 0.0480 e. The van der Waals surface area contributed by atoms with E-state index in [0.717, 1.165) is 0 Å². The van der Waals surface area contributed by atoms with Crippen LogP contribution in [-0.4, -0.2) is 12.3 Å². The van der Waals surface area contributed by atoms with Gasteiger partial charge in [-0.2, -0.15) is 0 Å². The molecule has 1 fully saturated rings. The maximum atomic E-state index is 3.64. The first-order valence-electron chi connectivity index (χ1n) is 5.29. The molecular weight excluding hydrogens is 190 g/mol. The van der Waals surface area contributed by atoms with Gasteiger partial charge < -0.3 is 5.32 Å². The summed E-state index contributed by atoms with van der Waals surface area (Å²) in [5, 5.41) is 3.64. The van der Waals surface area contributed by atoms with E-state index in [2.05, 4.69) is 35.8 Å². The van der Waals surface area contributed by atoms with E-state index in [1.54, 1.807) is 0 Å². The minimum atomic E-state index is 0.711. The molecule has 0 bridgehead atoms. The molecule has 0 radical (unpaired) electrons. The summed E-state index contributed by atoms with van der Waals surface area (Å²) in [6.07, 6.45) is 7.58. The molecule has 0 aromatic heterocycles. The van der Waals surface area contributed by atoms with Crippen LogP contribution in [0.15, 0.2) is 29.2 Å². The lowest BCUT2D eigenvalue weighted by atomic mass is 10.2. The van der Waals surface area contributed by atoms with E-state index in [0.29, 0.717) is 6.04 Å². The minimum absolute atomic E-state index is 0.711. The number of hydrogen-bond donors (Lipinski definition) is 1. The molecule has 1 N–H and O–H groups in total. The average Bonchev–Trinajstić information content (AvgIpc) is 2.71. The Balaban J connectivity index is 2.07. The second-order valence-electron chi connectivity index (χ2n) is 3.83. The van der Waals surface area contributed by atoms with Crippen molar-refractivity contribution >= 4 is 17.4 Å². The van der Waals surface area contributed by atoms with Crippen molar-refractivity contribution in [1.29, 1.82) is 0 Å². The van der Waals surface area contributed by atoms with E-state index in [1.807, 2.05) is 11.8 Å². The van der Waals surface area contributed by atoms with Crippen LogP contribution >= 0.6 is 11.8 Å². The molecule has 0 aliphatic heterocycles. The predicted molar refractivity (Wildman–Crippen MR) is 64.1 cm³/mol. The molecular formula is C12H17NS. The summed E-state index contributed by atoms with van der Waals surface area (Å²) in [7, 11) is 0. The van der Waals surface area contributed by atoms with Crippen LogP contribution in [0.5, 0.6) is 0 Å². The summed E-state index contributed by atoms with van der Waals surface area (Å²) >= 11 is 1.82. The quantitative estimate of drug-likeness (QED) is 0.757. The van der Waals surface area contributed by atoms with E-state index in [1.165, 1.54) is 36.3 Å². The normalized spacial score (nSPS) is 17.2. The maximum absolute atomic E-state index is 3.64. The molecule has 1 saturated carbocycles. The van der Waals surface area contributed by atoms with Crippen LogP contribution in [-0.2, 0) is 0 Å². The summed E-state index contributed by atoms with van der Waals surface area (Å²) in [5.41, 5.74) is 1.31. The summed E-state index contributed by atoms with van der Waals surface area (Å²) in [6.45, 7) is 0. The molecule has 2 heteroatoms. The first kappa shape index (κ1) is 9.91. The van der Waals surface area contributed by atoms with E-state index >= 15 is 0 Å². The van der Waals surface area contributed by atoms with Crippen LogP contribution in [0.3, 0.4) is 0 Å². The van der Waals surface area contributed by atoms with Crippen LogP contribution in [0.2, 0.25) is 0 Å². The van der Waals surface area contributed by atoms with Crippen molar-refractivity contribution in [1.82, 2.24) is 0 Å². The first-order valence-corrected chi connectivity index (χ1v) is 6.52. The summed E-state index contributed by atoms with van der Waals surface area (Å²) < 4.78 is 0. The summed E-state index contributed by atoms with van der Waals surface area (Å²) in [4.78, 5) is 1.36. The standard InChI is InChI=1S/C12H17NS/c1-14-12-9-5-4-8-11(12)13-10-6-2-3-7-10/h4-5,8-10,13H,2-3,6-7H2,1H3. The molecule has 1 aliphatic rings. The number of thioether (sulfide) groups is 1. The van der Waals surface area contributed by atoms with Crippen LogP contribution in [0, 0.1) is 0 Å². The lowest BCUT2D eigenvalue weighted by Gasteiger charge is -2.15. The van der Waals surface area contributed by atoms with Crippen LogP contribution < -0.4 is 5.32 Å². The Morgan fingerprint density at radius 2 is 1.93 bits per heavy atom. The van der Waals surface area contributed by atoms with E-state index in [9.17, 15) is 0 Å². The third-order valence-corrected chi connectivity index (χ3v) is 3.62. The second-order valence-corrected chi connectivity index (χ2v) is 4.67. The van der Waals surface area contributed by atoms with Gasteiger partial charge >= 0.3 is 0 Å². The van der Waals surface area contributed by atoms with Gasteiger partial charge in [-0.15, -0.1) is 11.8 Å². The van der Waals surface area contributed by atoms with Crippen molar-refractivity contribution in [2.24, 2.45) is 0 Å². The van der Waals surface area contributed by atoms with E-state index < -0.39 is 0 Å². The van der Waals surface area contributed by atoms with Crippen molar-refractivity contribution in [3.8, 4) is 0 Å². The average molecular weight is 207 g/mol. The molecule has 76 valence electrons. The van der Waals surface area contributed by atoms with Gasteiger partial charge in [0.1, 0.15) is 0 Å². The number of hydrogen-bond acceptors (Lipinski definition) is 2. The number of rotatable bonds is 3. The third kappa shape index (κ3) is 2.24. The highest BCUT2D eigenvalue weighted by Gasteiger charge is 2.15. The van der Waals surface area contributed by atoms with Gasteiger partial charge in [0.15, 0.2) is 0 Å². The van der Waals surface area contributed by atoms with Gasteiger partial charge in [-0.05, 0) is 31.2 Å². The smallest absolute Gasteiger partial charge is 0.0480 e. The van der Waals surface area contributed by atoms with Gasteiger partial charge in [0.2, 0.25) is 0 Å². The van der Waals surface area contributed by atoms with Gasteiger partial charge in [0.25, 0.3) is 0 Å². The van der Waals surface area contributed by atoms with Gasteiger partial charge in [-0.1, -0.05) is 25.0 Å². The molecule has 1 aliphatic carbocycles. The Morgan fingerprint density at radius 1 is 1.21 bits per heavy atom. The topological polar surface area (TPSA) is 12.0 Å². The Bertz CT molecular complexity index is 292. The third-order valence-electron chi connectivity index (χ3n) is 2.82. The second kappa shape index (κ2) is 4.74. The van der Waals surface area contributed by atoms with Crippen LogP contribution in [0.25, 0.3) is 0 Å². The number of nitrogens with one attached hydrogen (secondary N) is 1. The largest absolute Gasteiger partial charge is 0.381 e. The zero-order valence-corrected chi connectivity index (χ0v) is 9.44. The fourth-order valence-electron chi connectivity index (χ4n) is 2.05. The fraction of sp³-hybridized carbons (Fsp3) is 0.500. The molecule has 1 aromatic rings. The van der Waals surface area contributed by atoms with Crippen molar-refractivity contribution < 1.29 is 0 Å². The van der Waals surface area contributed by atoms with Gasteiger partial charge in [0.05, 0.1) is 0 Å². The predicted octanol–water partition coefficient (Wildman–Crippen LogP) is 3.76. The molecule has 1 nitrogen and oxygen atoms in total. The molecule has 0 atom stereocenters. The van der Waals surface area contributed by atoms with Crippen LogP contribution in [0.1, 0.15) is 25.7 Å². The molecule has 2 rings (SSSR count). The molecule has 1 aromatic carbocycles. The van der Waals surface area contributed by atoms with Crippen molar-refractivity contribution in [3.05, 3.63) is 24.3 Å². The monoisotopic (exact) mass is 207 g/mol. The van der Waals surface area contributed by atoms with Gasteiger partial charge in [0, 0.05) is 16.6 Å². The molecule has 0 heterocycles. The molecule has 0 amide bonds. The summed E-state index contributed by atoms with van der Waals surface area (Å²) in [5.74, 6) is 0. The molecule has 0 saturated heterocycles. The Hall–Kier alpha value is -0.630. The Morgan fingerprint density at radius 3 is 2.64 bits per heavy atom. The highest BCUT2D eigenvalue weighted by atomic mass is 32.2. The highest BCUT2D eigenvalue weighted by Crippen LogP contribution is 2.28. The summed E-state index contributed by atoms with van der Waals surface area (Å²) in [6, 6.07) is 9.29. The minimum Gasteiger partial charge on any atom is -0.381 e. The van der Waals surface area contributed by atoms with Gasteiger partial charge in [-0.3, -0.25) is 0 Å².